The minimum atomic E-state index is -3.19. The molecule has 1 saturated heterocycles. The monoisotopic (exact) mass is 399 g/mol. The van der Waals surface area contributed by atoms with Crippen molar-refractivity contribution >= 4 is 0 Å². The topological polar surface area (TPSA) is 30.5 Å². The quantitative estimate of drug-likeness (QED) is 0.573. The molecule has 29 heavy (non-hydrogen) atoms. The van der Waals surface area contributed by atoms with Crippen LogP contribution in [0, 0.1) is 5.82 Å². The van der Waals surface area contributed by atoms with E-state index < -0.39 is 11.7 Å². The van der Waals surface area contributed by atoms with Gasteiger partial charge in [0.05, 0.1) is 0 Å². The van der Waals surface area contributed by atoms with E-state index in [0.29, 0.717) is 17.1 Å². The number of ether oxygens (including phenoxy) is 2. The fourth-order valence-corrected chi connectivity index (χ4v) is 3.14. The molecule has 1 fully saturated rings. The molecular weight excluding hydrogens is 379 g/mol. The molecule has 0 unspecified atom stereocenters. The number of halogens is 3. The van der Waals surface area contributed by atoms with Gasteiger partial charge in [0.25, 0.3) is 5.92 Å². The van der Waals surface area contributed by atoms with Crippen LogP contribution in [-0.4, -0.2) is 19.2 Å². The normalized spacial score (nSPS) is 14.3. The molecule has 3 aromatic carbocycles. The lowest BCUT2D eigenvalue weighted by Crippen LogP contribution is -2.50. The van der Waals surface area contributed by atoms with Crippen LogP contribution >= 0.6 is 0 Å². The summed E-state index contributed by atoms with van der Waals surface area (Å²) in [4.78, 5) is 0. The minimum Gasteiger partial charge on any atom is -0.488 e. The molecule has 1 aliphatic heterocycles. The molecule has 0 aliphatic carbocycles. The first kappa shape index (κ1) is 19.3. The molecule has 1 N–H and O–H groups in total. The maximum absolute atomic E-state index is 14.1. The molecule has 1 heterocycles. The van der Waals surface area contributed by atoms with Crippen molar-refractivity contribution in [3.8, 4) is 28.4 Å². The highest BCUT2D eigenvalue weighted by atomic mass is 19.3. The third kappa shape index (κ3) is 4.38. The molecule has 0 aromatic heterocycles. The molecular formula is C23H20F3NO2. The lowest BCUT2D eigenvalue weighted by atomic mass is 9.95. The van der Waals surface area contributed by atoms with Crippen LogP contribution < -0.4 is 14.8 Å². The second kappa shape index (κ2) is 7.79. The molecule has 3 nitrogen and oxygen atoms in total. The third-order valence-electron chi connectivity index (χ3n) is 4.73. The van der Waals surface area contributed by atoms with Gasteiger partial charge in [-0.3, -0.25) is 0 Å². The van der Waals surface area contributed by atoms with Gasteiger partial charge in [0.2, 0.25) is 0 Å². The van der Waals surface area contributed by atoms with Crippen LogP contribution in [0.5, 0.6) is 17.2 Å². The van der Waals surface area contributed by atoms with E-state index in [1.54, 1.807) is 48.5 Å². The van der Waals surface area contributed by atoms with Crippen molar-refractivity contribution in [3.63, 3.8) is 0 Å². The van der Waals surface area contributed by atoms with Crippen LogP contribution in [0.4, 0.5) is 13.2 Å². The Labute approximate surface area is 167 Å². The van der Waals surface area contributed by atoms with Crippen LogP contribution in [0.15, 0.2) is 66.7 Å². The Morgan fingerprint density at radius 2 is 1.59 bits per heavy atom. The SMILES string of the molecule is CC(F)(F)c1cc(F)ccc1-c1ccccc1Oc1ccc(OC2CNC2)cc1. The fraction of sp³-hybridized carbons (Fsp3) is 0.217. The summed E-state index contributed by atoms with van der Waals surface area (Å²) in [5.74, 6) is -2.21. The Kier molecular flexibility index (Phi) is 5.20. The maximum atomic E-state index is 14.1. The molecule has 0 bridgehead atoms. The largest absolute Gasteiger partial charge is 0.488 e. The van der Waals surface area contributed by atoms with Crippen molar-refractivity contribution in [2.24, 2.45) is 0 Å². The van der Waals surface area contributed by atoms with Crippen LogP contribution in [0.25, 0.3) is 11.1 Å². The number of hydrogen-bond acceptors (Lipinski definition) is 3. The van der Waals surface area contributed by atoms with Gasteiger partial charge >= 0.3 is 0 Å². The van der Waals surface area contributed by atoms with Crippen molar-refractivity contribution in [3.05, 3.63) is 78.1 Å². The zero-order valence-electron chi connectivity index (χ0n) is 15.8. The van der Waals surface area contributed by atoms with Crippen molar-refractivity contribution in [2.45, 2.75) is 19.0 Å². The first-order valence-electron chi connectivity index (χ1n) is 9.33. The van der Waals surface area contributed by atoms with E-state index >= 15 is 0 Å². The highest BCUT2D eigenvalue weighted by Gasteiger charge is 2.29. The smallest absolute Gasteiger partial charge is 0.271 e. The second-order valence-corrected chi connectivity index (χ2v) is 7.05. The van der Waals surface area contributed by atoms with Gasteiger partial charge in [-0.1, -0.05) is 24.3 Å². The van der Waals surface area contributed by atoms with Crippen molar-refractivity contribution in [1.82, 2.24) is 5.32 Å². The Balaban J connectivity index is 1.63. The Hall–Kier alpha value is -2.99. The summed E-state index contributed by atoms with van der Waals surface area (Å²) in [5, 5.41) is 3.14. The molecule has 4 rings (SSSR count). The first-order chi connectivity index (χ1) is 13.9. The highest BCUT2D eigenvalue weighted by molar-refractivity contribution is 5.74. The van der Waals surface area contributed by atoms with Gasteiger partial charge in [-0.2, -0.15) is 0 Å². The lowest BCUT2D eigenvalue weighted by Gasteiger charge is -2.27. The summed E-state index contributed by atoms with van der Waals surface area (Å²) >= 11 is 0. The number of hydrogen-bond donors (Lipinski definition) is 1. The van der Waals surface area contributed by atoms with E-state index in [-0.39, 0.29) is 17.2 Å². The number of para-hydroxylation sites is 1. The van der Waals surface area contributed by atoms with E-state index in [9.17, 15) is 13.2 Å². The number of rotatable bonds is 6. The fourth-order valence-electron chi connectivity index (χ4n) is 3.14. The van der Waals surface area contributed by atoms with E-state index in [0.717, 1.165) is 31.8 Å². The molecule has 0 spiro atoms. The van der Waals surface area contributed by atoms with Gasteiger partial charge in [0, 0.05) is 31.1 Å². The number of nitrogens with one attached hydrogen (secondary N) is 1. The predicted molar refractivity (Wildman–Crippen MR) is 105 cm³/mol. The van der Waals surface area contributed by atoms with Crippen molar-refractivity contribution in [2.75, 3.05) is 13.1 Å². The summed E-state index contributed by atoms with van der Waals surface area (Å²) in [6.45, 7) is 2.41. The van der Waals surface area contributed by atoms with E-state index in [2.05, 4.69) is 5.32 Å². The predicted octanol–water partition coefficient (Wildman–Crippen LogP) is 5.75. The van der Waals surface area contributed by atoms with E-state index in [1.165, 1.54) is 12.1 Å². The Morgan fingerprint density at radius 1 is 0.897 bits per heavy atom. The Bertz CT molecular complexity index is 996. The maximum Gasteiger partial charge on any atom is 0.271 e. The van der Waals surface area contributed by atoms with Crippen LogP contribution in [0.3, 0.4) is 0 Å². The summed E-state index contributed by atoms with van der Waals surface area (Å²) < 4.78 is 53.5. The lowest BCUT2D eigenvalue weighted by molar-refractivity contribution is 0.0178. The molecule has 0 amide bonds. The highest BCUT2D eigenvalue weighted by Crippen LogP contribution is 2.41. The van der Waals surface area contributed by atoms with Crippen molar-refractivity contribution < 1.29 is 22.6 Å². The first-order valence-corrected chi connectivity index (χ1v) is 9.33. The van der Waals surface area contributed by atoms with Gasteiger partial charge in [-0.15, -0.1) is 0 Å². The van der Waals surface area contributed by atoms with E-state index in [4.69, 9.17) is 9.47 Å². The average molecular weight is 399 g/mol. The van der Waals surface area contributed by atoms with Crippen LogP contribution in [0.1, 0.15) is 12.5 Å². The molecule has 0 atom stereocenters. The third-order valence-corrected chi connectivity index (χ3v) is 4.73. The zero-order chi connectivity index (χ0) is 20.4. The van der Waals surface area contributed by atoms with Gasteiger partial charge in [-0.05, 0) is 48.0 Å². The van der Waals surface area contributed by atoms with Crippen LogP contribution in [0.2, 0.25) is 0 Å². The van der Waals surface area contributed by atoms with E-state index in [1.807, 2.05) is 0 Å². The molecule has 3 aromatic rings. The van der Waals surface area contributed by atoms with Gasteiger partial charge < -0.3 is 14.8 Å². The van der Waals surface area contributed by atoms with Gasteiger partial charge in [0.15, 0.2) is 0 Å². The molecule has 0 saturated carbocycles. The summed E-state index contributed by atoms with van der Waals surface area (Å²) in [6, 6.07) is 17.4. The van der Waals surface area contributed by atoms with Crippen molar-refractivity contribution in [1.29, 1.82) is 0 Å². The molecule has 1 aliphatic rings. The summed E-state index contributed by atoms with van der Waals surface area (Å²) in [6.07, 6.45) is 0.176. The average Bonchev–Trinajstić information content (AvgIpc) is 2.66. The second-order valence-electron chi connectivity index (χ2n) is 7.05. The molecule has 6 heteroatoms. The zero-order valence-corrected chi connectivity index (χ0v) is 15.8. The standard InChI is InChI=1S/C23H20F3NO2/c1-23(25,26)21-12-15(24)6-11-19(21)20-4-2-3-5-22(20)29-17-9-7-16(8-10-17)28-18-13-27-14-18/h2-12,18,27H,13-14H2,1H3. The number of alkyl halides is 2. The molecule has 150 valence electrons. The minimum absolute atomic E-state index is 0.176. The van der Waals surface area contributed by atoms with Crippen LogP contribution in [-0.2, 0) is 5.92 Å². The number of benzene rings is 3. The summed E-state index contributed by atoms with van der Waals surface area (Å²) in [5.41, 5.74) is 0.309. The molecule has 0 radical (unpaired) electrons. The van der Waals surface area contributed by atoms with Gasteiger partial charge in [0.1, 0.15) is 29.2 Å². The van der Waals surface area contributed by atoms with Gasteiger partial charge in [-0.25, -0.2) is 13.2 Å². The Morgan fingerprint density at radius 3 is 2.24 bits per heavy atom. The summed E-state index contributed by atoms with van der Waals surface area (Å²) in [7, 11) is 0.